The molecule has 0 aliphatic carbocycles. The average molecular weight is 270 g/mol. The van der Waals surface area contributed by atoms with E-state index >= 15 is 0 Å². The van der Waals surface area contributed by atoms with E-state index in [0.29, 0.717) is 26.1 Å². The Morgan fingerprint density at radius 2 is 2.05 bits per heavy atom. The third-order valence-electron chi connectivity index (χ3n) is 4.18. The van der Waals surface area contributed by atoms with Crippen LogP contribution in [0.4, 0.5) is 4.79 Å². The highest BCUT2D eigenvalue weighted by Crippen LogP contribution is 2.29. The van der Waals surface area contributed by atoms with Crippen LogP contribution in [-0.4, -0.2) is 41.6 Å². The molecule has 0 aromatic heterocycles. The summed E-state index contributed by atoms with van der Waals surface area (Å²) in [5.74, 6) is -0.820. The number of carboxylic acids is 1. The summed E-state index contributed by atoms with van der Waals surface area (Å²) in [5.41, 5.74) is -0.739. The highest BCUT2D eigenvalue weighted by atomic mass is 16.4. The highest BCUT2D eigenvalue weighted by Gasteiger charge is 2.39. The number of urea groups is 1. The van der Waals surface area contributed by atoms with Gasteiger partial charge in [0.15, 0.2) is 0 Å². The molecule has 1 atom stereocenters. The second-order valence-electron chi connectivity index (χ2n) is 6.57. The van der Waals surface area contributed by atoms with Crippen LogP contribution in [0.2, 0.25) is 0 Å². The van der Waals surface area contributed by atoms with Gasteiger partial charge in [-0.15, -0.1) is 0 Å². The Balaban J connectivity index is 2.56. The number of likely N-dealkylation sites (tertiary alicyclic amines) is 1. The fourth-order valence-electron chi connectivity index (χ4n) is 2.14. The summed E-state index contributed by atoms with van der Waals surface area (Å²) >= 11 is 0. The Bertz CT molecular complexity index is 355. The van der Waals surface area contributed by atoms with Gasteiger partial charge in [0.2, 0.25) is 0 Å². The summed E-state index contributed by atoms with van der Waals surface area (Å²) in [6.45, 7) is 9.56. The van der Waals surface area contributed by atoms with Crippen LogP contribution in [0, 0.1) is 10.8 Å². The van der Waals surface area contributed by atoms with Gasteiger partial charge in [0.05, 0.1) is 5.41 Å². The van der Waals surface area contributed by atoms with Gasteiger partial charge in [-0.25, -0.2) is 4.79 Å². The van der Waals surface area contributed by atoms with Crippen LogP contribution < -0.4 is 5.32 Å². The molecule has 0 spiro atoms. The standard InChI is InChI=1S/C14H26N2O3/c1-5-13(2,3)9-15-12(19)16-8-6-7-14(4,10-16)11(17)18/h5-10H2,1-4H3,(H,15,19)(H,17,18). The maximum atomic E-state index is 12.1. The quantitative estimate of drug-likeness (QED) is 0.823. The van der Waals surface area contributed by atoms with E-state index < -0.39 is 11.4 Å². The maximum absolute atomic E-state index is 12.1. The van der Waals surface area contributed by atoms with Gasteiger partial charge >= 0.3 is 12.0 Å². The Hall–Kier alpha value is -1.26. The molecule has 0 radical (unpaired) electrons. The minimum atomic E-state index is -0.820. The number of amides is 2. The molecule has 5 nitrogen and oxygen atoms in total. The molecule has 1 saturated heterocycles. The molecule has 0 aromatic carbocycles. The molecule has 0 aromatic rings. The number of hydrogen-bond donors (Lipinski definition) is 2. The fraction of sp³-hybridized carbons (Fsp3) is 0.857. The summed E-state index contributed by atoms with van der Waals surface area (Å²) in [6, 6.07) is -0.145. The number of aliphatic carboxylic acids is 1. The molecule has 2 N–H and O–H groups in total. The van der Waals surface area contributed by atoms with Gasteiger partial charge in [0.25, 0.3) is 0 Å². The Labute approximate surface area is 115 Å². The van der Waals surface area contributed by atoms with Crippen molar-refractivity contribution >= 4 is 12.0 Å². The van der Waals surface area contributed by atoms with Gasteiger partial charge in [-0.2, -0.15) is 0 Å². The zero-order valence-electron chi connectivity index (χ0n) is 12.5. The van der Waals surface area contributed by atoms with Crippen molar-refractivity contribution in [1.29, 1.82) is 0 Å². The number of hydrogen-bond acceptors (Lipinski definition) is 2. The second-order valence-corrected chi connectivity index (χ2v) is 6.57. The molecule has 5 heteroatoms. The largest absolute Gasteiger partial charge is 0.481 e. The molecular weight excluding hydrogens is 244 g/mol. The van der Waals surface area contributed by atoms with Crippen LogP contribution in [0.5, 0.6) is 0 Å². The number of carboxylic acid groups (broad SMARTS) is 1. The van der Waals surface area contributed by atoms with Crippen molar-refractivity contribution in [2.75, 3.05) is 19.6 Å². The average Bonchev–Trinajstić information content (AvgIpc) is 2.36. The second kappa shape index (κ2) is 5.80. The monoisotopic (exact) mass is 270 g/mol. The van der Waals surface area contributed by atoms with Crippen LogP contribution in [-0.2, 0) is 4.79 Å². The number of nitrogens with one attached hydrogen (secondary N) is 1. The fourth-order valence-corrected chi connectivity index (χ4v) is 2.14. The number of nitrogens with zero attached hydrogens (tertiary/aromatic N) is 1. The molecule has 0 bridgehead atoms. The molecule has 110 valence electrons. The van der Waals surface area contributed by atoms with Crippen LogP contribution in [0.1, 0.15) is 47.0 Å². The predicted molar refractivity (Wildman–Crippen MR) is 74.0 cm³/mol. The minimum Gasteiger partial charge on any atom is -0.481 e. The van der Waals surface area contributed by atoms with E-state index in [1.807, 2.05) is 0 Å². The number of rotatable bonds is 4. The maximum Gasteiger partial charge on any atom is 0.317 e. The first kappa shape index (κ1) is 15.8. The van der Waals surface area contributed by atoms with Gasteiger partial charge in [-0.05, 0) is 31.6 Å². The lowest BCUT2D eigenvalue weighted by Gasteiger charge is -2.38. The highest BCUT2D eigenvalue weighted by molar-refractivity contribution is 5.78. The summed E-state index contributed by atoms with van der Waals surface area (Å²) in [4.78, 5) is 25.0. The van der Waals surface area contributed by atoms with E-state index in [4.69, 9.17) is 0 Å². The SMILES string of the molecule is CCC(C)(C)CNC(=O)N1CCCC(C)(C(=O)O)C1. The number of carbonyl (C=O) groups excluding carboxylic acids is 1. The summed E-state index contributed by atoms with van der Waals surface area (Å²) in [7, 11) is 0. The Morgan fingerprint density at radius 1 is 1.42 bits per heavy atom. The van der Waals surface area contributed by atoms with E-state index in [2.05, 4.69) is 26.1 Å². The van der Waals surface area contributed by atoms with E-state index in [1.54, 1.807) is 11.8 Å². The van der Waals surface area contributed by atoms with Crippen LogP contribution in [0.3, 0.4) is 0 Å². The van der Waals surface area contributed by atoms with Gasteiger partial charge < -0.3 is 15.3 Å². The zero-order valence-corrected chi connectivity index (χ0v) is 12.5. The Kier molecular flexibility index (Phi) is 4.82. The van der Waals surface area contributed by atoms with Crippen molar-refractivity contribution in [1.82, 2.24) is 10.2 Å². The van der Waals surface area contributed by atoms with Crippen molar-refractivity contribution in [3.8, 4) is 0 Å². The molecule has 2 amide bonds. The first-order valence-electron chi connectivity index (χ1n) is 6.96. The molecule has 0 saturated carbocycles. The first-order valence-corrected chi connectivity index (χ1v) is 6.96. The van der Waals surface area contributed by atoms with Gasteiger partial charge in [0, 0.05) is 19.6 Å². The van der Waals surface area contributed by atoms with Crippen molar-refractivity contribution < 1.29 is 14.7 Å². The molecule has 1 fully saturated rings. The molecule has 19 heavy (non-hydrogen) atoms. The molecule has 1 rings (SSSR count). The van der Waals surface area contributed by atoms with Crippen LogP contribution in [0.15, 0.2) is 0 Å². The first-order chi connectivity index (χ1) is 8.70. The van der Waals surface area contributed by atoms with Crippen molar-refractivity contribution in [2.24, 2.45) is 10.8 Å². The van der Waals surface area contributed by atoms with E-state index in [9.17, 15) is 14.7 Å². The van der Waals surface area contributed by atoms with E-state index in [1.165, 1.54) is 0 Å². The van der Waals surface area contributed by atoms with Crippen molar-refractivity contribution in [3.63, 3.8) is 0 Å². The molecular formula is C14H26N2O3. The molecule has 1 heterocycles. The molecule has 1 unspecified atom stereocenters. The zero-order chi connectivity index (χ0) is 14.7. The predicted octanol–water partition coefficient (Wildman–Crippen LogP) is 2.32. The van der Waals surface area contributed by atoms with Gasteiger partial charge in [-0.1, -0.05) is 20.8 Å². The van der Waals surface area contributed by atoms with E-state index in [-0.39, 0.29) is 11.4 Å². The van der Waals surface area contributed by atoms with Gasteiger partial charge in [0.1, 0.15) is 0 Å². The summed E-state index contributed by atoms with van der Waals surface area (Å²) in [5, 5.41) is 12.2. The topological polar surface area (TPSA) is 69.6 Å². The third kappa shape index (κ3) is 4.11. The normalized spacial score (nSPS) is 24.1. The third-order valence-corrected chi connectivity index (χ3v) is 4.18. The number of piperidine rings is 1. The molecule has 1 aliphatic rings. The lowest BCUT2D eigenvalue weighted by Crippen LogP contribution is -2.52. The van der Waals surface area contributed by atoms with Crippen molar-refractivity contribution in [3.05, 3.63) is 0 Å². The van der Waals surface area contributed by atoms with Crippen molar-refractivity contribution in [2.45, 2.75) is 47.0 Å². The summed E-state index contributed by atoms with van der Waals surface area (Å²) < 4.78 is 0. The van der Waals surface area contributed by atoms with Gasteiger partial charge in [-0.3, -0.25) is 4.79 Å². The lowest BCUT2D eigenvalue weighted by molar-refractivity contribution is -0.150. The molecule has 1 aliphatic heterocycles. The number of carbonyl (C=O) groups is 2. The minimum absolute atomic E-state index is 0.0710. The Morgan fingerprint density at radius 3 is 2.58 bits per heavy atom. The van der Waals surface area contributed by atoms with Crippen LogP contribution in [0.25, 0.3) is 0 Å². The lowest BCUT2D eigenvalue weighted by atomic mass is 9.82. The van der Waals surface area contributed by atoms with E-state index in [0.717, 1.165) is 12.8 Å². The smallest absolute Gasteiger partial charge is 0.317 e. The summed E-state index contributed by atoms with van der Waals surface area (Å²) in [6.07, 6.45) is 2.36. The van der Waals surface area contributed by atoms with Crippen LogP contribution >= 0.6 is 0 Å².